The van der Waals surface area contributed by atoms with Crippen molar-refractivity contribution in [3.05, 3.63) is 117 Å². The Kier molecular flexibility index (Phi) is 12.7. The zero-order valence-electron chi connectivity index (χ0n) is 23.9. The number of guanidine groups is 1. The van der Waals surface area contributed by atoms with E-state index in [-0.39, 0.29) is 49.7 Å². The van der Waals surface area contributed by atoms with Crippen molar-refractivity contribution in [2.75, 3.05) is 13.7 Å². The highest BCUT2D eigenvalue weighted by molar-refractivity contribution is 5.92. The number of carbonyl (C=O) groups excluding carboxylic acids is 3. The topological polar surface area (TPSA) is 178 Å². The van der Waals surface area contributed by atoms with E-state index in [4.69, 9.17) is 5.73 Å². The number of carbonyl (C=O) groups is 3. The summed E-state index contributed by atoms with van der Waals surface area (Å²) in [6.07, 6.45) is 1.42. The Morgan fingerprint density at radius 1 is 0.884 bits per heavy atom. The summed E-state index contributed by atoms with van der Waals surface area (Å²) in [5.74, 6) is -1.99. The van der Waals surface area contributed by atoms with Crippen LogP contribution >= 0.6 is 0 Å². The standard InChI is InChI=1S/C31H36N6O6/c1-43-27(38)19-18-22-14-16-23(17-15-22)21-34-29(39)26(13-8-20-33-31(32)36-37(41)42)35-30(40)28(24-9-4-2-5-10-24)25-11-6-3-7-12-25/h2-7,9-12,14-17,26,28H,8,13,18-21H2,1H3,(H,34,39)(H,35,40)(H3,32,33,36)/t26-/m1/s1. The third kappa shape index (κ3) is 10.9. The van der Waals surface area contributed by atoms with Gasteiger partial charge in [-0.15, -0.1) is 0 Å². The summed E-state index contributed by atoms with van der Waals surface area (Å²) in [6, 6.07) is 25.2. The minimum Gasteiger partial charge on any atom is -0.469 e. The molecule has 12 nitrogen and oxygen atoms in total. The first kappa shape index (κ1) is 32.3. The smallest absolute Gasteiger partial charge is 0.305 e. The van der Waals surface area contributed by atoms with Crippen LogP contribution in [0.4, 0.5) is 0 Å². The Morgan fingerprint density at radius 3 is 2.02 bits per heavy atom. The highest BCUT2D eigenvalue weighted by Crippen LogP contribution is 2.25. The van der Waals surface area contributed by atoms with Gasteiger partial charge in [-0.25, -0.2) is 10.1 Å². The first-order chi connectivity index (χ1) is 20.8. The Labute approximate surface area is 249 Å². The van der Waals surface area contributed by atoms with Crippen molar-refractivity contribution in [1.29, 1.82) is 0 Å². The number of nitrogens with one attached hydrogen (secondary N) is 3. The van der Waals surface area contributed by atoms with E-state index in [0.29, 0.717) is 12.8 Å². The third-order valence-electron chi connectivity index (χ3n) is 6.66. The minimum absolute atomic E-state index is 0.205. The van der Waals surface area contributed by atoms with Gasteiger partial charge in [0.25, 0.3) is 5.96 Å². The molecule has 3 aromatic carbocycles. The molecule has 0 aliphatic carbocycles. The molecule has 0 bridgehead atoms. The van der Waals surface area contributed by atoms with Crippen LogP contribution in [0.2, 0.25) is 0 Å². The fourth-order valence-electron chi connectivity index (χ4n) is 4.44. The number of aryl methyl sites for hydroxylation is 1. The molecule has 0 heterocycles. The summed E-state index contributed by atoms with van der Waals surface area (Å²) in [5, 5.41) is 21.1. The number of hydrogen-bond acceptors (Lipinski definition) is 6. The van der Waals surface area contributed by atoms with Crippen molar-refractivity contribution in [2.24, 2.45) is 10.8 Å². The van der Waals surface area contributed by atoms with Gasteiger partial charge in [-0.2, -0.15) is 0 Å². The van der Waals surface area contributed by atoms with Crippen molar-refractivity contribution in [1.82, 2.24) is 16.0 Å². The second-order valence-electron chi connectivity index (χ2n) is 9.72. The molecule has 0 unspecified atom stereocenters. The van der Waals surface area contributed by atoms with Crippen LogP contribution in [-0.2, 0) is 32.1 Å². The summed E-state index contributed by atoms with van der Waals surface area (Å²) in [7, 11) is 1.35. The van der Waals surface area contributed by atoms with Gasteiger partial charge in [0.2, 0.25) is 11.8 Å². The van der Waals surface area contributed by atoms with E-state index >= 15 is 0 Å². The Morgan fingerprint density at radius 2 is 1.47 bits per heavy atom. The van der Waals surface area contributed by atoms with Crippen molar-refractivity contribution < 1.29 is 24.2 Å². The van der Waals surface area contributed by atoms with Gasteiger partial charge in [-0.1, -0.05) is 84.9 Å². The summed E-state index contributed by atoms with van der Waals surface area (Å²) >= 11 is 0. The Hall–Kier alpha value is -5.26. The van der Waals surface area contributed by atoms with Gasteiger partial charge in [-0.05, 0) is 41.5 Å². The van der Waals surface area contributed by atoms with Crippen molar-refractivity contribution in [3.63, 3.8) is 0 Å². The van der Waals surface area contributed by atoms with Gasteiger partial charge in [-0.3, -0.25) is 14.4 Å². The van der Waals surface area contributed by atoms with Crippen LogP contribution < -0.4 is 21.7 Å². The van der Waals surface area contributed by atoms with E-state index in [1.165, 1.54) is 7.11 Å². The average molecular weight is 589 g/mol. The van der Waals surface area contributed by atoms with Crippen LogP contribution in [0.3, 0.4) is 0 Å². The Bertz CT molecular complexity index is 1340. The summed E-state index contributed by atoms with van der Waals surface area (Å²) in [6.45, 7) is 0.431. The van der Waals surface area contributed by atoms with Crippen LogP contribution in [0.25, 0.3) is 0 Å². The summed E-state index contributed by atoms with van der Waals surface area (Å²) in [4.78, 5) is 49.0. The maximum atomic E-state index is 13.7. The molecule has 0 aliphatic heterocycles. The van der Waals surface area contributed by atoms with Crippen molar-refractivity contribution in [2.45, 2.75) is 44.2 Å². The van der Waals surface area contributed by atoms with E-state index in [1.54, 1.807) is 0 Å². The van der Waals surface area contributed by atoms with E-state index in [1.807, 2.05) is 84.9 Å². The number of rotatable bonds is 15. The van der Waals surface area contributed by atoms with Crippen LogP contribution in [0.1, 0.15) is 47.4 Å². The first-order valence-electron chi connectivity index (χ1n) is 13.8. The zero-order valence-corrected chi connectivity index (χ0v) is 23.9. The normalized spacial score (nSPS) is 11.8. The lowest BCUT2D eigenvalue weighted by molar-refractivity contribution is -0.485. The molecular formula is C31H36N6O6. The van der Waals surface area contributed by atoms with Gasteiger partial charge in [0.1, 0.15) is 11.1 Å². The number of benzene rings is 3. The minimum atomic E-state index is -0.905. The van der Waals surface area contributed by atoms with E-state index in [0.717, 1.165) is 22.3 Å². The van der Waals surface area contributed by atoms with Gasteiger partial charge >= 0.3 is 5.97 Å². The van der Waals surface area contributed by atoms with Crippen molar-refractivity contribution >= 4 is 23.7 Å². The number of hydrogen-bond donors (Lipinski definition) is 4. The predicted octanol–water partition coefficient (Wildman–Crippen LogP) is 2.60. The lowest BCUT2D eigenvalue weighted by Gasteiger charge is -2.23. The molecule has 226 valence electrons. The number of nitrogens with two attached hydrogens (primary N) is 1. The number of nitrogens with zero attached hydrogens (tertiary/aromatic N) is 2. The molecule has 0 spiro atoms. The van der Waals surface area contributed by atoms with E-state index in [9.17, 15) is 24.5 Å². The number of ether oxygens (including phenoxy) is 1. The maximum Gasteiger partial charge on any atom is 0.305 e. The quantitative estimate of drug-likeness (QED) is 0.0523. The van der Waals surface area contributed by atoms with Gasteiger partial charge in [0.05, 0.1) is 13.0 Å². The summed E-state index contributed by atoms with van der Waals surface area (Å²) < 4.78 is 4.68. The molecule has 3 aromatic rings. The number of esters is 1. The molecule has 1 atom stereocenters. The zero-order chi connectivity index (χ0) is 31.0. The summed E-state index contributed by atoms with van der Waals surface area (Å²) in [5.41, 5.74) is 8.86. The SMILES string of the molecule is COC(=O)CCc1ccc(CNC(=O)[C@@H](CCCNC(N)=N[N+](=O)[O-])NC(=O)C(c2ccccc2)c2ccccc2)cc1. The molecule has 0 saturated carbocycles. The molecule has 12 heteroatoms. The lowest BCUT2D eigenvalue weighted by Crippen LogP contribution is -2.48. The average Bonchev–Trinajstić information content (AvgIpc) is 3.01. The molecule has 0 aliphatic rings. The molecule has 3 rings (SSSR count). The van der Waals surface area contributed by atoms with Crippen LogP contribution in [0, 0.1) is 10.1 Å². The fraction of sp³-hybridized carbons (Fsp3) is 0.290. The predicted molar refractivity (Wildman–Crippen MR) is 161 cm³/mol. The second-order valence-corrected chi connectivity index (χ2v) is 9.72. The number of amides is 2. The molecule has 2 amide bonds. The molecule has 0 radical (unpaired) electrons. The largest absolute Gasteiger partial charge is 0.469 e. The second kappa shape index (κ2) is 16.9. The van der Waals surface area contributed by atoms with Crippen LogP contribution in [0.15, 0.2) is 90.0 Å². The third-order valence-corrected chi connectivity index (χ3v) is 6.66. The Balaban J connectivity index is 1.71. The fourth-order valence-corrected chi connectivity index (χ4v) is 4.44. The van der Waals surface area contributed by atoms with E-state index < -0.39 is 17.0 Å². The highest BCUT2D eigenvalue weighted by atomic mass is 16.7. The molecular weight excluding hydrogens is 552 g/mol. The monoisotopic (exact) mass is 588 g/mol. The number of nitro groups is 1. The van der Waals surface area contributed by atoms with Gasteiger partial charge in [0.15, 0.2) is 5.03 Å². The number of methoxy groups -OCH3 is 1. The molecule has 0 saturated heterocycles. The van der Waals surface area contributed by atoms with Crippen LogP contribution in [0.5, 0.6) is 0 Å². The molecule has 5 N–H and O–H groups in total. The highest BCUT2D eigenvalue weighted by Gasteiger charge is 2.27. The molecule has 0 aromatic heterocycles. The molecule has 43 heavy (non-hydrogen) atoms. The van der Waals surface area contributed by atoms with Gasteiger partial charge < -0.3 is 26.4 Å². The first-order valence-corrected chi connectivity index (χ1v) is 13.8. The van der Waals surface area contributed by atoms with Crippen LogP contribution in [-0.4, -0.2) is 48.5 Å². The van der Waals surface area contributed by atoms with Gasteiger partial charge in [0, 0.05) is 19.5 Å². The molecule has 0 fully saturated rings. The van der Waals surface area contributed by atoms with Crippen molar-refractivity contribution in [3.8, 4) is 0 Å². The van der Waals surface area contributed by atoms with E-state index in [2.05, 4.69) is 25.8 Å². The lowest BCUT2D eigenvalue weighted by atomic mass is 9.90. The number of hydrazone groups is 1. The maximum absolute atomic E-state index is 13.7.